The molecule has 0 aliphatic carbocycles. The number of methoxy groups -OCH3 is 1. The van der Waals surface area contributed by atoms with E-state index in [-0.39, 0.29) is 0 Å². The average Bonchev–Trinajstić information content (AvgIpc) is 2.55. The number of ether oxygens (including phenoxy) is 1. The molecular formula is C14H19BFNO3. The minimum absolute atomic E-state index is 0.401. The number of aromatic nitrogens is 1. The van der Waals surface area contributed by atoms with Crippen LogP contribution in [-0.4, -0.2) is 30.4 Å². The first kappa shape index (κ1) is 15.0. The van der Waals surface area contributed by atoms with Gasteiger partial charge in [-0.15, -0.1) is 0 Å². The monoisotopic (exact) mass is 279 g/mol. The minimum atomic E-state index is -0.556. The third kappa shape index (κ3) is 2.86. The molecule has 20 heavy (non-hydrogen) atoms. The summed E-state index contributed by atoms with van der Waals surface area (Å²) in [6.07, 6.45) is 1.64. The Morgan fingerprint density at radius 3 is 2.35 bits per heavy atom. The van der Waals surface area contributed by atoms with Gasteiger partial charge in [0.2, 0.25) is 5.95 Å². The predicted molar refractivity (Wildman–Crippen MR) is 75.9 cm³/mol. The van der Waals surface area contributed by atoms with Crippen molar-refractivity contribution in [2.24, 2.45) is 0 Å². The molecule has 1 aromatic rings. The summed E-state index contributed by atoms with van der Waals surface area (Å²) in [5.41, 5.74) is -0.398. The largest absolute Gasteiger partial charge is 0.494 e. The smallest absolute Gasteiger partial charge is 0.487 e. The first-order chi connectivity index (χ1) is 9.25. The van der Waals surface area contributed by atoms with Crippen LogP contribution in [0.25, 0.3) is 6.08 Å². The molecule has 0 saturated carbocycles. The van der Waals surface area contributed by atoms with E-state index in [1.165, 1.54) is 19.2 Å². The predicted octanol–water partition coefficient (Wildman–Crippen LogP) is 2.87. The van der Waals surface area contributed by atoms with Crippen LogP contribution in [-0.2, 0) is 9.31 Å². The van der Waals surface area contributed by atoms with Crippen LogP contribution in [0.4, 0.5) is 4.39 Å². The Morgan fingerprint density at radius 1 is 1.20 bits per heavy atom. The Morgan fingerprint density at radius 2 is 1.80 bits per heavy atom. The highest BCUT2D eigenvalue weighted by Gasteiger charge is 2.50. The molecule has 0 aromatic carbocycles. The molecule has 0 bridgehead atoms. The molecule has 0 spiro atoms. The molecule has 0 unspecified atom stereocenters. The van der Waals surface area contributed by atoms with E-state index >= 15 is 0 Å². The number of hydrogen-bond donors (Lipinski definition) is 0. The maximum atomic E-state index is 13.2. The second-order valence-corrected chi connectivity index (χ2v) is 5.71. The molecular weight excluding hydrogens is 260 g/mol. The van der Waals surface area contributed by atoms with Gasteiger partial charge in [-0.05, 0) is 45.9 Å². The van der Waals surface area contributed by atoms with Crippen molar-refractivity contribution >= 4 is 13.2 Å². The Kier molecular flexibility index (Phi) is 3.89. The van der Waals surface area contributed by atoms with Gasteiger partial charge in [0.15, 0.2) is 0 Å². The Balaban J connectivity index is 2.17. The van der Waals surface area contributed by atoms with E-state index in [0.717, 1.165) is 0 Å². The maximum Gasteiger partial charge on any atom is 0.487 e. The summed E-state index contributed by atoms with van der Waals surface area (Å²) in [4.78, 5) is 3.79. The zero-order valence-electron chi connectivity index (χ0n) is 12.4. The number of pyridine rings is 1. The van der Waals surface area contributed by atoms with Crippen LogP contribution >= 0.6 is 0 Å². The zero-order valence-corrected chi connectivity index (χ0v) is 12.4. The summed E-state index contributed by atoms with van der Waals surface area (Å²) in [6.45, 7) is 7.90. The first-order valence-electron chi connectivity index (χ1n) is 6.49. The summed E-state index contributed by atoms with van der Waals surface area (Å²) in [5, 5.41) is 0. The van der Waals surface area contributed by atoms with Crippen LogP contribution in [0.5, 0.6) is 5.75 Å². The fourth-order valence-corrected chi connectivity index (χ4v) is 1.87. The van der Waals surface area contributed by atoms with E-state index < -0.39 is 24.3 Å². The summed E-state index contributed by atoms with van der Waals surface area (Å²) in [5.74, 6) is 1.65. The lowest BCUT2D eigenvalue weighted by atomic mass is 9.89. The van der Waals surface area contributed by atoms with Crippen molar-refractivity contribution in [3.63, 3.8) is 0 Å². The Hall–Kier alpha value is -1.40. The quantitative estimate of drug-likeness (QED) is 0.630. The van der Waals surface area contributed by atoms with Crippen LogP contribution in [0.15, 0.2) is 18.1 Å². The number of hydrogen-bond acceptors (Lipinski definition) is 4. The van der Waals surface area contributed by atoms with Crippen LogP contribution in [0.3, 0.4) is 0 Å². The highest BCUT2D eigenvalue weighted by molar-refractivity contribution is 6.52. The molecule has 0 N–H and O–H groups in total. The summed E-state index contributed by atoms with van der Waals surface area (Å²) in [7, 11) is 1.02. The van der Waals surface area contributed by atoms with Gasteiger partial charge in [0.05, 0.1) is 18.3 Å². The fraction of sp³-hybridized carbons (Fsp3) is 0.500. The lowest BCUT2D eigenvalue weighted by Crippen LogP contribution is -2.41. The van der Waals surface area contributed by atoms with Gasteiger partial charge in [-0.25, -0.2) is 4.98 Å². The highest BCUT2D eigenvalue weighted by atomic mass is 19.1. The fourth-order valence-electron chi connectivity index (χ4n) is 1.87. The van der Waals surface area contributed by atoms with E-state index in [1.54, 1.807) is 12.1 Å². The minimum Gasteiger partial charge on any atom is -0.494 e. The van der Waals surface area contributed by atoms with Gasteiger partial charge < -0.3 is 14.0 Å². The van der Waals surface area contributed by atoms with Crippen molar-refractivity contribution in [1.82, 2.24) is 4.98 Å². The van der Waals surface area contributed by atoms with Gasteiger partial charge in [-0.1, -0.05) is 5.98 Å². The van der Waals surface area contributed by atoms with E-state index in [0.29, 0.717) is 11.4 Å². The van der Waals surface area contributed by atoms with Crippen LogP contribution < -0.4 is 4.74 Å². The third-order valence-corrected chi connectivity index (χ3v) is 3.75. The standard InChI is InChI=1S/C14H19BFNO3/c1-13(2)14(3,4)20-15(19-13)9-8-10-11(18-5)6-7-12(16)17-10/h6-9H,1-5H3/b9-8+. The molecule has 1 saturated heterocycles. The van der Waals surface area contributed by atoms with Crippen LogP contribution in [0.1, 0.15) is 33.4 Å². The van der Waals surface area contributed by atoms with E-state index in [2.05, 4.69) is 4.98 Å². The van der Waals surface area contributed by atoms with Gasteiger partial charge >= 0.3 is 7.12 Å². The van der Waals surface area contributed by atoms with Crippen LogP contribution in [0, 0.1) is 5.95 Å². The lowest BCUT2D eigenvalue weighted by molar-refractivity contribution is 0.00578. The van der Waals surface area contributed by atoms with Crippen LogP contribution in [0.2, 0.25) is 0 Å². The molecule has 108 valence electrons. The van der Waals surface area contributed by atoms with Crippen molar-refractivity contribution in [1.29, 1.82) is 0 Å². The number of halogens is 1. The number of rotatable bonds is 3. The third-order valence-electron chi connectivity index (χ3n) is 3.75. The normalized spacial score (nSPS) is 20.6. The van der Waals surface area contributed by atoms with Gasteiger partial charge in [-0.2, -0.15) is 4.39 Å². The molecule has 1 aromatic heterocycles. The van der Waals surface area contributed by atoms with Gasteiger partial charge in [-0.3, -0.25) is 0 Å². The van der Waals surface area contributed by atoms with Gasteiger partial charge in [0.25, 0.3) is 0 Å². The molecule has 6 heteroatoms. The molecule has 1 aliphatic rings. The van der Waals surface area contributed by atoms with Gasteiger partial charge in [0.1, 0.15) is 11.4 Å². The molecule has 2 heterocycles. The van der Waals surface area contributed by atoms with Crippen molar-refractivity contribution < 1.29 is 18.4 Å². The topological polar surface area (TPSA) is 40.6 Å². The van der Waals surface area contributed by atoms with E-state index in [9.17, 15) is 4.39 Å². The molecule has 1 fully saturated rings. The first-order valence-corrected chi connectivity index (χ1v) is 6.49. The molecule has 1 aliphatic heterocycles. The zero-order chi connectivity index (χ0) is 15.0. The second kappa shape index (κ2) is 5.18. The van der Waals surface area contributed by atoms with Crippen molar-refractivity contribution in [3.8, 4) is 5.75 Å². The molecule has 0 radical (unpaired) electrons. The molecule has 2 rings (SSSR count). The molecule has 0 atom stereocenters. The lowest BCUT2D eigenvalue weighted by Gasteiger charge is -2.32. The van der Waals surface area contributed by atoms with Crippen molar-refractivity contribution in [2.75, 3.05) is 7.11 Å². The number of nitrogens with zero attached hydrogens (tertiary/aromatic N) is 1. The van der Waals surface area contributed by atoms with E-state index in [4.69, 9.17) is 14.0 Å². The molecule has 4 nitrogen and oxygen atoms in total. The summed E-state index contributed by atoms with van der Waals surface area (Å²) >= 11 is 0. The van der Waals surface area contributed by atoms with Crippen molar-refractivity contribution in [3.05, 3.63) is 29.7 Å². The highest BCUT2D eigenvalue weighted by Crippen LogP contribution is 2.37. The Bertz CT molecular complexity index is 515. The van der Waals surface area contributed by atoms with E-state index in [1.807, 2.05) is 27.7 Å². The average molecular weight is 279 g/mol. The summed E-state index contributed by atoms with van der Waals surface area (Å²) < 4.78 is 29.9. The summed E-state index contributed by atoms with van der Waals surface area (Å²) in [6, 6.07) is 2.79. The SMILES string of the molecule is COc1ccc(F)nc1/C=C/B1OC(C)(C)C(C)(C)O1. The Labute approximate surface area is 119 Å². The van der Waals surface area contributed by atoms with Crippen molar-refractivity contribution in [2.45, 2.75) is 38.9 Å². The van der Waals surface area contributed by atoms with Gasteiger partial charge in [0, 0.05) is 0 Å². The maximum absolute atomic E-state index is 13.2. The molecule has 0 amide bonds. The second-order valence-electron chi connectivity index (χ2n) is 5.71.